The lowest BCUT2D eigenvalue weighted by molar-refractivity contribution is -0.128. The van der Waals surface area contributed by atoms with Gasteiger partial charge in [0.15, 0.2) is 0 Å². The Bertz CT molecular complexity index is 613. The van der Waals surface area contributed by atoms with Crippen LogP contribution in [0.2, 0.25) is 0 Å². The van der Waals surface area contributed by atoms with Crippen LogP contribution < -0.4 is 16.0 Å². The van der Waals surface area contributed by atoms with E-state index in [1.807, 2.05) is 20.8 Å². The van der Waals surface area contributed by atoms with E-state index in [1.165, 1.54) is 0 Å². The van der Waals surface area contributed by atoms with Crippen molar-refractivity contribution in [3.8, 4) is 0 Å². The van der Waals surface area contributed by atoms with Gasteiger partial charge >= 0.3 is 0 Å². The number of benzene rings is 1. The third-order valence-electron chi connectivity index (χ3n) is 3.66. The van der Waals surface area contributed by atoms with Crippen molar-refractivity contribution in [1.29, 1.82) is 0 Å². The summed E-state index contributed by atoms with van der Waals surface area (Å²) < 4.78 is 0. The molecule has 1 aromatic rings. The molecule has 1 fully saturated rings. The molecule has 3 N–H and O–H groups in total. The van der Waals surface area contributed by atoms with Gasteiger partial charge in [0.1, 0.15) is 0 Å². The smallest absolute Gasteiger partial charge is 0.251 e. The quantitative estimate of drug-likeness (QED) is 0.746. The molecule has 0 radical (unpaired) electrons. The van der Waals surface area contributed by atoms with Gasteiger partial charge in [-0.25, -0.2) is 0 Å². The van der Waals surface area contributed by atoms with Crippen LogP contribution in [0.1, 0.15) is 50.4 Å². The number of carbonyl (C=O) groups is 3. The second kappa shape index (κ2) is 7.47. The summed E-state index contributed by atoms with van der Waals surface area (Å²) >= 11 is 0. The maximum atomic E-state index is 11.9. The topological polar surface area (TPSA) is 87.3 Å². The molecule has 130 valence electrons. The molecule has 0 saturated heterocycles. The van der Waals surface area contributed by atoms with Crippen LogP contribution in [0.5, 0.6) is 0 Å². The molecule has 1 saturated carbocycles. The minimum Gasteiger partial charge on any atom is -0.355 e. The highest BCUT2D eigenvalue weighted by Crippen LogP contribution is 2.19. The zero-order valence-electron chi connectivity index (χ0n) is 14.4. The van der Waals surface area contributed by atoms with E-state index < -0.39 is 5.41 Å². The van der Waals surface area contributed by atoms with E-state index >= 15 is 0 Å². The molecule has 0 heterocycles. The Morgan fingerprint density at radius 2 is 1.71 bits per heavy atom. The number of nitrogens with one attached hydrogen (secondary N) is 3. The number of rotatable bonds is 6. The number of amides is 3. The van der Waals surface area contributed by atoms with Crippen LogP contribution in [-0.2, 0) is 9.59 Å². The summed E-state index contributed by atoms with van der Waals surface area (Å²) in [4.78, 5) is 35.5. The van der Waals surface area contributed by atoms with Crippen molar-refractivity contribution in [2.45, 2.75) is 46.1 Å². The fourth-order valence-electron chi connectivity index (χ4n) is 1.98. The summed E-state index contributed by atoms with van der Waals surface area (Å²) in [5, 5.41) is 8.40. The second-order valence-corrected chi connectivity index (χ2v) is 7.13. The van der Waals surface area contributed by atoms with E-state index in [4.69, 9.17) is 0 Å². The van der Waals surface area contributed by atoms with Gasteiger partial charge in [0.25, 0.3) is 5.91 Å². The van der Waals surface area contributed by atoms with E-state index in [2.05, 4.69) is 16.0 Å². The first kappa shape index (κ1) is 18.0. The molecule has 1 aliphatic carbocycles. The molecule has 1 aromatic carbocycles. The molecule has 24 heavy (non-hydrogen) atoms. The minimum absolute atomic E-state index is 0.0821. The van der Waals surface area contributed by atoms with E-state index in [0.717, 1.165) is 12.8 Å². The molecule has 0 aliphatic heterocycles. The largest absolute Gasteiger partial charge is 0.355 e. The molecular formula is C18H25N3O3. The van der Waals surface area contributed by atoms with Gasteiger partial charge in [0, 0.05) is 35.7 Å². The third kappa shape index (κ3) is 5.68. The molecule has 3 amide bonds. The fraction of sp³-hybridized carbons (Fsp3) is 0.500. The Balaban J connectivity index is 1.75. The van der Waals surface area contributed by atoms with Gasteiger partial charge < -0.3 is 16.0 Å². The molecule has 0 unspecified atom stereocenters. The zero-order chi connectivity index (χ0) is 17.7. The van der Waals surface area contributed by atoms with Crippen molar-refractivity contribution in [3.63, 3.8) is 0 Å². The van der Waals surface area contributed by atoms with Crippen LogP contribution in [0.25, 0.3) is 0 Å². The minimum atomic E-state index is -0.465. The monoisotopic (exact) mass is 331 g/mol. The summed E-state index contributed by atoms with van der Waals surface area (Å²) in [5.74, 6) is -0.346. The predicted molar refractivity (Wildman–Crippen MR) is 92.6 cm³/mol. The number of anilines is 1. The Kier molecular flexibility index (Phi) is 5.59. The van der Waals surface area contributed by atoms with Gasteiger partial charge in [-0.15, -0.1) is 0 Å². The first-order chi connectivity index (χ1) is 11.3. The number of carbonyl (C=O) groups excluding carboxylic acids is 3. The molecular weight excluding hydrogens is 306 g/mol. The van der Waals surface area contributed by atoms with Gasteiger partial charge in [-0.1, -0.05) is 20.8 Å². The van der Waals surface area contributed by atoms with E-state index in [-0.39, 0.29) is 24.1 Å². The maximum Gasteiger partial charge on any atom is 0.251 e. The molecule has 6 nitrogen and oxygen atoms in total. The van der Waals surface area contributed by atoms with Gasteiger partial charge in [0.2, 0.25) is 11.8 Å². The van der Waals surface area contributed by atoms with Gasteiger partial charge in [-0.3, -0.25) is 14.4 Å². The van der Waals surface area contributed by atoms with E-state index in [1.54, 1.807) is 24.3 Å². The zero-order valence-corrected chi connectivity index (χ0v) is 14.4. The second-order valence-electron chi connectivity index (χ2n) is 7.13. The first-order valence-corrected chi connectivity index (χ1v) is 8.25. The van der Waals surface area contributed by atoms with Crippen LogP contribution in [0.4, 0.5) is 5.69 Å². The molecule has 0 bridgehead atoms. The van der Waals surface area contributed by atoms with E-state index in [9.17, 15) is 14.4 Å². The molecule has 0 spiro atoms. The molecule has 2 rings (SSSR count). The van der Waals surface area contributed by atoms with Crippen molar-refractivity contribution in [2.24, 2.45) is 5.41 Å². The molecule has 0 aromatic heterocycles. The van der Waals surface area contributed by atoms with Crippen molar-refractivity contribution < 1.29 is 14.4 Å². The Morgan fingerprint density at radius 3 is 2.25 bits per heavy atom. The molecule has 0 atom stereocenters. The van der Waals surface area contributed by atoms with Crippen LogP contribution in [-0.4, -0.2) is 30.3 Å². The molecule has 1 aliphatic rings. The van der Waals surface area contributed by atoms with Crippen LogP contribution in [0.3, 0.4) is 0 Å². The van der Waals surface area contributed by atoms with Crippen molar-refractivity contribution in [1.82, 2.24) is 10.6 Å². The summed E-state index contributed by atoms with van der Waals surface area (Å²) in [6, 6.07) is 7.10. The van der Waals surface area contributed by atoms with Crippen LogP contribution in [0, 0.1) is 5.41 Å². The fourth-order valence-corrected chi connectivity index (χ4v) is 1.98. The lowest BCUT2D eigenvalue weighted by atomic mass is 9.96. The van der Waals surface area contributed by atoms with Gasteiger partial charge in [0.05, 0.1) is 0 Å². The predicted octanol–water partition coefficient (Wildman–Crippen LogP) is 2.07. The van der Waals surface area contributed by atoms with Crippen molar-refractivity contribution in [3.05, 3.63) is 29.8 Å². The lowest BCUT2D eigenvalue weighted by Crippen LogP contribution is -2.36. The highest BCUT2D eigenvalue weighted by atomic mass is 16.2. The Labute approximate surface area is 142 Å². The van der Waals surface area contributed by atoms with Crippen LogP contribution in [0.15, 0.2) is 24.3 Å². The van der Waals surface area contributed by atoms with Gasteiger partial charge in [-0.2, -0.15) is 0 Å². The third-order valence-corrected chi connectivity index (χ3v) is 3.66. The van der Waals surface area contributed by atoms with Gasteiger partial charge in [-0.05, 0) is 37.1 Å². The maximum absolute atomic E-state index is 11.9. The summed E-state index contributed by atoms with van der Waals surface area (Å²) in [5.41, 5.74) is 0.746. The first-order valence-electron chi connectivity index (χ1n) is 8.25. The summed E-state index contributed by atoms with van der Waals surface area (Å²) in [6.45, 7) is 5.76. The summed E-state index contributed by atoms with van der Waals surface area (Å²) in [6.07, 6.45) is 2.29. The number of hydrogen-bond acceptors (Lipinski definition) is 3. The molecule has 6 heteroatoms. The summed E-state index contributed by atoms with van der Waals surface area (Å²) in [7, 11) is 0. The normalized spacial score (nSPS) is 14.0. The standard InChI is InChI=1S/C18H25N3O3/c1-18(2,3)17(24)19-11-10-15(22)20-13-6-4-12(5-7-13)16(23)21-14-8-9-14/h4-7,14H,8-11H2,1-3H3,(H,19,24)(H,20,22)(H,21,23). The Morgan fingerprint density at radius 1 is 1.08 bits per heavy atom. The van der Waals surface area contributed by atoms with Crippen molar-refractivity contribution >= 4 is 23.4 Å². The highest BCUT2D eigenvalue weighted by molar-refractivity contribution is 5.96. The average molecular weight is 331 g/mol. The SMILES string of the molecule is CC(C)(C)C(=O)NCCC(=O)Nc1ccc(C(=O)NC2CC2)cc1. The highest BCUT2D eigenvalue weighted by Gasteiger charge is 2.23. The lowest BCUT2D eigenvalue weighted by Gasteiger charge is -2.17. The van der Waals surface area contributed by atoms with E-state index in [0.29, 0.717) is 23.8 Å². The van der Waals surface area contributed by atoms with Crippen molar-refractivity contribution in [2.75, 3.05) is 11.9 Å². The average Bonchev–Trinajstić information content (AvgIpc) is 3.30. The number of hydrogen-bond donors (Lipinski definition) is 3. The van der Waals surface area contributed by atoms with Crippen LogP contribution >= 0.6 is 0 Å². The Hall–Kier alpha value is -2.37.